The van der Waals surface area contributed by atoms with Gasteiger partial charge in [-0.05, 0) is 46.5 Å². The molecule has 6 heteroatoms. The van der Waals surface area contributed by atoms with Crippen LogP contribution in [0.3, 0.4) is 0 Å². The molecule has 1 aromatic heterocycles. The third-order valence-electron chi connectivity index (χ3n) is 3.71. The molecule has 3 aromatic rings. The molecular weight excluding hydrogens is 326 g/mol. The Morgan fingerprint density at radius 2 is 1.62 bits per heavy atom. The molecular formula is C20H19N5O. The Hall–Kier alpha value is -3.67. The van der Waals surface area contributed by atoms with Gasteiger partial charge in [0.1, 0.15) is 5.75 Å². The summed E-state index contributed by atoms with van der Waals surface area (Å²) in [5.41, 5.74) is 9.93. The number of phenolic OH excluding ortho intramolecular Hbond substituents is 1. The van der Waals surface area contributed by atoms with E-state index in [0.717, 1.165) is 22.3 Å². The van der Waals surface area contributed by atoms with Gasteiger partial charge in [0.05, 0.1) is 6.21 Å². The average Bonchev–Trinajstić information content (AvgIpc) is 2.69. The van der Waals surface area contributed by atoms with Gasteiger partial charge in [-0.1, -0.05) is 36.4 Å². The normalized spacial score (nSPS) is 11.6. The SMILES string of the molecule is NC(=NN=Cc1ccc(-c2ccncc2)cc1)NCc1ccc(O)cc1. The van der Waals surface area contributed by atoms with Gasteiger partial charge in [-0.3, -0.25) is 4.98 Å². The van der Waals surface area contributed by atoms with Gasteiger partial charge >= 0.3 is 0 Å². The highest BCUT2D eigenvalue weighted by atomic mass is 16.3. The lowest BCUT2D eigenvalue weighted by molar-refractivity contribution is 0.475. The number of pyridine rings is 1. The molecule has 26 heavy (non-hydrogen) atoms. The van der Waals surface area contributed by atoms with Crippen LogP contribution in [0.15, 0.2) is 83.3 Å². The molecule has 0 aliphatic carbocycles. The molecule has 130 valence electrons. The lowest BCUT2D eigenvalue weighted by Gasteiger charge is -2.04. The fraction of sp³-hybridized carbons (Fsp3) is 0.0500. The van der Waals surface area contributed by atoms with Crippen molar-refractivity contribution in [1.29, 1.82) is 0 Å². The number of hydrogen-bond donors (Lipinski definition) is 3. The second-order valence-corrected chi connectivity index (χ2v) is 5.61. The van der Waals surface area contributed by atoms with E-state index in [1.165, 1.54) is 0 Å². The number of phenols is 1. The molecule has 0 spiro atoms. The van der Waals surface area contributed by atoms with E-state index in [1.807, 2.05) is 48.5 Å². The molecule has 0 atom stereocenters. The number of aromatic hydroxyl groups is 1. The Morgan fingerprint density at radius 1 is 0.962 bits per heavy atom. The molecule has 0 fully saturated rings. The quantitative estimate of drug-likeness (QED) is 0.376. The van der Waals surface area contributed by atoms with Crippen LogP contribution in [0.1, 0.15) is 11.1 Å². The Balaban J connectivity index is 1.55. The summed E-state index contributed by atoms with van der Waals surface area (Å²) in [5, 5.41) is 20.1. The van der Waals surface area contributed by atoms with Gasteiger partial charge in [0.15, 0.2) is 0 Å². The largest absolute Gasteiger partial charge is 0.508 e. The van der Waals surface area contributed by atoms with Crippen molar-refractivity contribution >= 4 is 12.2 Å². The summed E-state index contributed by atoms with van der Waals surface area (Å²) in [4.78, 5) is 4.02. The first-order chi connectivity index (χ1) is 12.7. The number of rotatable bonds is 5. The third-order valence-corrected chi connectivity index (χ3v) is 3.71. The Labute approximate surface area is 151 Å². The van der Waals surface area contributed by atoms with Crippen LogP contribution < -0.4 is 11.1 Å². The van der Waals surface area contributed by atoms with Crippen LogP contribution in [0, 0.1) is 0 Å². The summed E-state index contributed by atoms with van der Waals surface area (Å²) >= 11 is 0. The van der Waals surface area contributed by atoms with Crippen molar-refractivity contribution in [3.05, 3.63) is 84.2 Å². The van der Waals surface area contributed by atoms with Crippen LogP contribution >= 0.6 is 0 Å². The topological polar surface area (TPSA) is 95.9 Å². The van der Waals surface area contributed by atoms with Gasteiger partial charge in [-0.25, -0.2) is 0 Å². The fourth-order valence-corrected chi connectivity index (χ4v) is 2.31. The number of nitrogens with zero attached hydrogens (tertiary/aromatic N) is 3. The first-order valence-corrected chi connectivity index (χ1v) is 8.09. The second-order valence-electron chi connectivity index (χ2n) is 5.61. The number of aromatic nitrogens is 1. The molecule has 0 aliphatic heterocycles. The van der Waals surface area contributed by atoms with Crippen LogP contribution in [-0.4, -0.2) is 22.3 Å². The maximum absolute atomic E-state index is 9.25. The van der Waals surface area contributed by atoms with Gasteiger partial charge in [0.25, 0.3) is 0 Å². The van der Waals surface area contributed by atoms with Gasteiger partial charge < -0.3 is 16.2 Å². The number of hydrogen-bond acceptors (Lipinski definition) is 4. The smallest absolute Gasteiger partial charge is 0.214 e. The van der Waals surface area contributed by atoms with E-state index in [1.54, 1.807) is 30.7 Å². The average molecular weight is 345 g/mol. The molecule has 0 amide bonds. The lowest BCUT2D eigenvalue weighted by atomic mass is 10.1. The number of guanidine groups is 1. The predicted octanol–water partition coefficient (Wildman–Crippen LogP) is 2.89. The third kappa shape index (κ3) is 4.91. The second kappa shape index (κ2) is 8.43. The molecule has 3 rings (SSSR count). The standard InChI is InChI=1S/C20H19N5O/c21-20(23-13-15-3-7-19(26)8-4-15)25-24-14-16-1-5-17(6-2-16)18-9-11-22-12-10-18/h1-12,14,26H,13H2,(H3,21,23,25). The molecule has 0 aliphatic rings. The summed E-state index contributed by atoms with van der Waals surface area (Å²) in [7, 11) is 0. The van der Waals surface area contributed by atoms with Gasteiger partial charge in [0, 0.05) is 18.9 Å². The van der Waals surface area contributed by atoms with Crippen molar-refractivity contribution in [2.24, 2.45) is 15.9 Å². The first-order valence-electron chi connectivity index (χ1n) is 8.09. The summed E-state index contributed by atoms with van der Waals surface area (Å²) in [6, 6.07) is 18.8. The minimum Gasteiger partial charge on any atom is -0.508 e. The Kier molecular flexibility index (Phi) is 5.57. The van der Waals surface area contributed by atoms with E-state index in [-0.39, 0.29) is 11.7 Å². The molecule has 4 N–H and O–H groups in total. The molecule has 0 unspecified atom stereocenters. The highest BCUT2D eigenvalue weighted by Crippen LogP contribution is 2.18. The van der Waals surface area contributed by atoms with E-state index in [9.17, 15) is 5.11 Å². The lowest BCUT2D eigenvalue weighted by Crippen LogP contribution is -2.30. The zero-order chi connectivity index (χ0) is 18.2. The molecule has 0 radical (unpaired) electrons. The minimum absolute atomic E-state index is 0.225. The van der Waals surface area contributed by atoms with Crippen LogP contribution in [-0.2, 0) is 6.54 Å². The first kappa shape index (κ1) is 17.2. The van der Waals surface area contributed by atoms with E-state index >= 15 is 0 Å². The van der Waals surface area contributed by atoms with E-state index in [0.29, 0.717) is 6.54 Å². The molecule has 2 aromatic carbocycles. The summed E-state index contributed by atoms with van der Waals surface area (Å²) in [6.07, 6.45) is 5.19. The highest BCUT2D eigenvalue weighted by molar-refractivity contribution is 5.83. The zero-order valence-electron chi connectivity index (χ0n) is 14.1. The van der Waals surface area contributed by atoms with Gasteiger partial charge in [-0.2, -0.15) is 5.10 Å². The molecule has 1 heterocycles. The molecule has 6 nitrogen and oxygen atoms in total. The zero-order valence-corrected chi connectivity index (χ0v) is 14.1. The van der Waals surface area contributed by atoms with Crippen LogP contribution in [0.2, 0.25) is 0 Å². The molecule has 0 saturated carbocycles. The molecule has 0 bridgehead atoms. The van der Waals surface area contributed by atoms with Gasteiger partial charge in [0.2, 0.25) is 5.96 Å². The summed E-state index contributed by atoms with van der Waals surface area (Å²) in [5.74, 6) is 0.456. The summed E-state index contributed by atoms with van der Waals surface area (Å²) in [6.45, 7) is 0.506. The predicted molar refractivity (Wildman–Crippen MR) is 104 cm³/mol. The highest BCUT2D eigenvalue weighted by Gasteiger charge is 1.97. The van der Waals surface area contributed by atoms with E-state index < -0.39 is 0 Å². The molecule has 0 saturated heterocycles. The van der Waals surface area contributed by atoms with Crippen molar-refractivity contribution in [2.45, 2.75) is 6.54 Å². The van der Waals surface area contributed by atoms with Crippen molar-refractivity contribution in [1.82, 2.24) is 10.3 Å². The van der Waals surface area contributed by atoms with Crippen molar-refractivity contribution in [3.8, 4) is 16.9 Å². The Bertz CT molecular complexity index is 888. The van der Waals surface area contributed by atoms with Crippen LogP contribution in [0.5, 0.6) is 5.75 Å². The number of benzene rings is 2. The van der Waals surface area contributed by atoms with E-state index in [4.69, 9.17) is 5.73 Å². The summed E-state index contributed by atoms with van der Waals surface area (Å²) < 4.78 is 0. The van der Waals surface area contributed by atoms with Gasteiger partial charge in [-0.15, -0.1) is 5.10 Å². The maximum Gasteiger partial charge on any atom is 0.214 e. The maximum atomic E-state index is 9.25. The fourth-order valence-electron chi connectivity index (χ4n) is 2.31. The van der Waals surface area contributed by atoms with Crippen molar-refractivity contribution in [2.75, 3.05) is 0 Å². The van der Waals surface area contributed by atoms with Crippen molar-refractivity contribution in [3.63, 3.8) is 0 Å². The van der Waals surface area contributed by atoms with Crippen molar-refractivity contribution < 1.29 is 5.11 Å². The van der Waals surface area contributed by atoms with E-state index in [2.05, 4.69) is 20.5 Å². The number of nitrogens with one attached hydrogen (secondary N) is 1. The number of nitrogens with two attached hydrogens (primary N) is 1. The monoisotopic (exact) mass is 345 g/mol. The Morgan fingerprint density at radius 3 is 2.31 bits per heavy atom. The van der Waals surface area contributed by atoms with Crippen LogP contribution in [0.4, 0.5) is 0 Å². The minimum atomic E-state index is 0.225. The van der Waals surface area contributed by atoms with Crippen LogP contribution in [0.25, 0.3) is 11.1 Å².